The molecule has 0 fully saturated rings. The fourth-order valence-electron chi connectivity index (χ4n) is 2.27. The van der Waals surface area contributed by atoms with E-state index in [1.807, 2.05) is 31.2 Å². The fraction of sp³-hybridized carbons (Fsp3) is 0.353. The van der Waals surface area contributed by atoms with Gasteiger partial charge in [0.05, 0.1) is 18.9 Å². The van der Waals surface area contributed by atoms with E-state index in [2.05, 4.69) is 12.2 Å². The Morgan fingerprint density at radius 2 is 2.14 bits per heavy atom. The molecule has 0 saturated heterocycles. The quantitative estimate of drug-likeness (QED) is 0.821. The molecule has 0 bridgehead atoms. The van der Waals surface area contributed by atoms with Crippen LogP contribution in [0.3, 0.4) is 0 Å². The van der Waals surface area contributed by atoms with Crippen LogP contribution in [0.15, 0.2) is 41.0 Å². The van der Waals surface area contributed by atoms with Gasteiger partial charge in [0, 0.05) is 18.2 Å². The normalized spacial score (nSPS) is 12.0. The molecular formula is C17H21NO3. The number of hydrogen-bond acceptors (Lipinski definition) is 4. The molecule has 4 heteroatoms. The zero-order valence-corrected chi connectivity index (χ0v) is 12.7. The van der Waals surface area contributed by atoms with E-state index in [1.54, 1.807) is 12.3 Å². The molecule has 21 heavy (non-hydrogen) atoms. The first kappa shape index (κ1) is 15.2. The second-order valence-corrected chi connectivity index (χ2v) is 5.13. The minimum absolute atomic E-state index is 0.279. The summed E-state index contributed by atoms with van der Waals surface area (Å²) in [5, 5.41) is 3.44. The summed E-state index contributed by atoms with van der Waals surface area (Å²) in [6.45, 7) is 4.04. The van der Waals surface area contributed by atoms with Crippen molar-refractivity contribution in [3.8, 4) is 0 Å². The van der Waals surface area contributed by atoms with Crippen LogP contribution in [0.2, 0.25) is 0 Å². The van der Waals surface area contributed by atoms with Gasteiger partial charge in [-0.1, -0.05) is 6.07 Å². The summed E-state index contributed by atoms with van der Waals surface area (Å²) < 4.78 is 10.1. The van der Waals surface area contributed by atoms with Crippen molar-refractivity contribution in [3.05, 3.63) is 53.5 Å². The number of esters is 1. The molecule has 0 saturated carbocycles. The lowest BCUT2D eigenvalue weighted by Gasteiger charge is -2.18. The smallest absolute Gasteiger partial charge is 0.338 e. The van der Waals surface area contributed by atoms with Gasteiger partial charge in [-0.2, -0.15) is 0 Å². The van der Waals surface area contributed by atoms with E-state index in [0.29, 0.717) is 5.56 Å². The Bertz CT molecular complexity index is 590. The summed E-state index contributed by atoms with van der Waals surface area (Å²) in [4.78, 5) is 11.7. The van der Waals surface area contributed by atoms with E-state index in [-0.39, 0.29) is 12.0 Å². The predicted molar refractivity (Wildman–Crippen MR) is 82.6 cm³/mol. The first-order chi connectivity index (χ1) is 10.1. The van der Waals surface area contributed by atoms with Crippen LogP contribution < -0.4 is 5.32 Å². The Labute approximate surface area is 125 Å². The van der Waals surface area contributed by atoms with Crippen molar-refractivity contribution in [3.63, 3.8) is 0 Å². The standard InChI is InChI=1S/C17H21NO3/c1-12(9-10-14-6-5-11-21-14)18-16-8-4-7-15(13(16)2)17(19)20-3/h4-8,11-12,18H,9-10H2,1-3H3. The van der Waals surface area contributed by atoms with E-state index >= 15 is 0 Å². The summed E-state index contributed by atoms with van der Waals surface area (Å²) >= 11 is 0. The number of furan rings is 1. The SMILES string of the molecule is COC(=O)c1cccc(NC(C)CCc2ccco2)c1C. The number of aryl methyl sites for hydroxylation is 1. The summed E-state index contributed by atoms with van der Waals surface area (Å²) in [5.41, 5.74) is 2.47. The average molecular weight is 287 g/mol. The van der Waals surface area contributed by atoms with Gasteiger partial charge in [0.25, 0.3) is 0 Å². The average Bonchev–Trinajstić information content (AvgIpc) is 3.00. The third-order valence-electron chi connectivity index (χ3n) is 3.54. The van der Waals surface area contributed by atoms with Gasteiger partial charge in [-0.15, -0.1) is 0 Å². The second-order valence-electron chi connectivity index (χ2n) is 5.13. The molecule has 0 radical (unpaired) electrons. The molecule has 2 aromatic rings. The molecule has 0 aliphatic rings. The molecule has 1 N–H and O–H groups in total. The molecule has 1 heterocycles. The van der Waals surface area contributed by atoms with Crippen molar-refractivity contribution in [2.45, 2.75) is 32.7 Å². The minimum atomic E-state index is -0.306. The minimum Gasteiger partial charge on any atom is -0.469 e. The van der Waals surface area contributed by atoms with Gasteiger partial charge in [0.2, 0.25) is 0 Å². The van der Waals surface area contributed by atoms with Gasteiger partial charge in [-0.3, -0.25) is 0 Å². The maximum atomic E-state index is 11.7. The van der Waals surface area contributed by atoms with Gasteiger partial charge >= 0.3 is 5.97 Å². The second kappa shape index (κ2) is 6.97. The van der Waals surface area contributed by atoms with E-state index < -0.39 is 0 Å². The zero-order valence-electron chi connectivity index (χ0n) is 12.7. The highest BCUT2D eigenvalue weighted by Crippen LogP contribution is 2.21. The summed E-state index contributed by atoms with van der Waals surface area (Å²) in [6, 6.07) is 9.78. The summed E-state index contributed by atoms with van der Waals surface area (Å²) in [5.74, 6) is 0.683. The Morgan fingerprint density at radius 3 is 2.81 bits per heavy atom. The largest absolute Gasteiger partial charge is 0.469 e. The van der Waals surface area contributed by atoms with Crippen molar-refractivity contribution < 1.29 is 13.9 Å². The molecule has 2 rings (SSSR count). The maximum absolute atomic E-state index is 11.7. The van der Waals surface area contributed by atoms with Crippen LogP contribution in [-0.2, 0) is 11.2 Å². The number of carbonyl (C=O) groups is 1. The van der Waals surface area contributed by atoms with Crippen LogP contribution in [-0.4, -0.2) is 19.1 Å². The van der Waals surface area contributed by atoms with Gasteiger partial charge in [0.1, 0.15) is 5.76 Å². The molecule has 112 valence electrons. The molecule has 0 spiro atoms. The van der Waals surface area contributed by atoms with Crippen LogP contribution in [0.25, 0.3) is 0 Å². The highest BCUT2D eigenvalue weighted by Gasteiger charge is 2.13. The van der Waals surface area contributed by atoms with Crippen molar-refractivity contribution in [2.24, 2.45) is 0 Å². The zero-order chi connectivity index (χ0) is 15.2. The van der Waals surface area contributed by atoms with E-state index in [0.717, 1.165) is 29.9 Å². The van der Waals surface area contributed by atoms with Crippen molar-refractivity contribution >= 4 is 11.7 Å². The van der Waals surface area contributed by atoms with Crippen LogP contribution in [0.5, 0.6) is 0 Å². The number of anilines is 1. The van der Waals surface area contributed by atoms with Gasteiger partial charge in [-0.05, 0) is 50.1 Å². The van der Waals surface area contributed by atoms with Crippen molar-refractivity contribution in [1.82, 2.24) is 0 Å². The third-order valence-corrected chi connectivity index (χ3v) is 3.54. The third kappa shape index (κ3) is 3.88. The monoisotopic (exact) mass is 287 g/mol. The maximum Gasteiger partial charge on any atom is 0.338 e. The van der Waals surface area contributed by atoms with Crippen LogP contribution >= 0.6 is 0 Å². The van der Waals surface area contributed by atoms with Crippen LogP contribution in [0.4, 0.5) is 5.69 Å². The molecule has 1 atom stereocenters. The fourth-order valence-corrected chi connectivity index (χ4v) is 2.27. The lowest BCUT2D eigenvalue weighted by molar-refractivity contribution is 0.0600. The molecule has 1 aromatic carbocycles. The molecule has 1 unspecified atom stereocenters. The van der Waals surface area contributed by atoms with Gasteiger partial charge in [-0.25, -0.2) is 4.79 Å². The molecule has 1 aromatic heterocycles. The predicted octanol–water partition coefficient (Wildman–Crippen LogP) is 3.81. The number of nitrogens with one attached hydrogen (secondary N) is 1. The van der Waals surface area contributed by atoms with E-state index in [1.165, 1.54) is 7.11 Å². The number of carbonyl (C=O) groups excluding carboxylic acids is 1. The topological polar surface area (TPSA) is 51.5 Å². The van der Waals surface area contributed by atoms with Gasteiger partial charge < -0.3 is 14.5 Å². The lowest BCUT2D eigenvalue weighted by atomic mass is 10.1. The molecule has 0 aliphatic carbocycles. The van der Waals surface area contributed by atoms with Crippen LogP contribution in [0.1, 0.15) is 35.0 Å². The lowest BCUT2D eigenvalue weighted by Crippen LogP contribution is -2.17. The molecule has 0 amide bonds. The Morgan fingerprint density at radius 1 is 1.33 bits per heavy atom. The number of rotatable bonds is 6. The Balaban J connectivity index is 2.00. The summed E-state index contributed by atoms with van der Waals surface area (Å²) in [6.07, 6.45) is 3.53. The summed E-state index contributed by atoms with van der Waals surface area (Å²) in [7, 11) is 1.40. The van der Waals surface area contributed by atoms with Crippen molar-refractivity contribution in [2.75, 3.05) is 12.4 Å². The number of benzene rings is 1. The van der Waals surface area contributed by atoms with Crippen molar-refractivity contribution in [1.29, 1.82) is 0 Å². The van der Waals surface area contributed by atoms with Gasteiger partial charge in [0.15, 0.2) is 0 Å². The van der Waals surface area contributed by atoms with E-state index in [9.17, 15) is 4.79 Å². The highest BCUT2D eigenvalue weighted by molar-refractivity contribution is 5.92. The van der Waals surface area contributed by atoms with Crippen LogP contribution in [0, 0.1) is 6.92 Å². The number of methoxy groups -OCH3 is 1. The Kier molecular flexibility index (Phi) is 5.04. The molecule has 4 nitrogen and oxygen atoms in total. The highest BCUT2D eigenvalue weighted by atomic mass is 16.5. The molecule has 0 aliphatic heterocycles. The number of ether oxygens (including phenoxy) is 1. The first-order valence-electron chi connectivity index (χ1n) is 7.08. The van der Waals surface area contributed by atoms with E-state index in [4.69, 9.17) is 9.15 Å². The number of hydrogen-bond donors (Lipinski definition) is 1. The molecular weight excluding hydrogens is 266 g/mol. The Hall–Kier alpha value is -2.23. The first-order valence-corrected chi connectivity index (χ1v) is 7.08.